The third-order valence-electron chi connectivity index (χ3n) is 4.42. The molecular formula is C21H25ClN2O5S. The molecule has 0 atom stereocenters. The molecule has 0 radical (unpaired) electrons. The van der Waals surface area contributed by atoms with Gasteiger partial charge in [-0.25, -0.2) is 13.2 Å². The molecule has 0 unspecified atom stereocenters. The van der Waals surface area contributed by atoms with Crippen molar-refractivity contribution in [1.82, 2.24) is 9.62 Å². The van der Waals surface area contributed by atoms with Crippen LogP contribution in [0.1, 0.15) is 29.8 Å². The minimum Gasteiger partial charge on any atom is -0.452 e. The number of sulfonamides is 1. The topological polar surface area (TPSA) is 92.8 Å². The second kappa shape index (κ2) is 11.1. The lowest BCUT2D eigenvalue weighted by Crippen LogP contribution is -2.31. The average Bonchev–Trinajstić information content (AvgIpc) is 2.74. The number of carbonyl (C=O) groups is 2. The van der Waals surface area contributed by atoms with Crippen molar-refractivity contribution in [2.24, 2.45) is 0 Å². The van der Waals surface area contributed by atoms with Gasteiger partial charge in [-0.3, -0.25) is 4.79 Å². The Morgan fingerprint density at radius 1 is 1.00 bits per heavy atom. The van der Waals surface area contributed by atoms with Gasteiger partial charge in [-0.05, 0) is 48.4 Å². The van der Waals surface area contributed by atoms with Gasteiger partial charge in [-0.2, -0.15) is 4.31 Å². The maximum Gasteiger partial charge on any atom is 0.338 e. The summed E-state index contributed by atoms with van der Waals surface area (Å²) in [5, 5.41) is 3.32. The van der Waals surface area contributed by atoms with Crippen LogP contribution < -0.4 is 5.32 Å². The fraction of sp³-hybridized carbons (Fsp3) is 0.333. The molecule has 1 amide bonds. The van der Waals surface area contributed by atoms with Gasteiger partial charge in [0.15, 0.2) is 6.61 Å². The van der Waals surface area contributed by atoms with Gasteiger partial charge in [0.1, 0.15) is 0 Å². The molecule has 1 N–H and O–H groups in total. The van der Waals surface area contributed by atoms with Crippen molar-refractivity contribution in [3.63, 3.8) is 0 Å². The van der Waals surface area contributed by atoms with Crippen LogP contribution >= 0.6 is 11.6 Å². The van der Waals surface area contributed by atoms with E-state index in [9.17, 15) is 18.0 Å². The van der Waals surface area contributed by atoms with E-state index in [1.54, 1.807) is 26.0 Å². The Bertz CT molecular complexity index is 956. The Balaban J connectivity index is 1.82. The number of rotatable bonds is 10. The number of carbonyl (C=O) groups excluding carboxylic acids is 2. The van der Waals surface area contributed by atoms with Crippen molar-refractivity contribution >= 4 is 33.5 Å². The first-order valence-corrected chi connectivity index (χ1v) is 11.4. The molecule has 0 bridgehead atoms. The van der Waals surface area contributed by atoms with Crippen LogP contribution in [0.5, 0.6) is 0 Å². The minimum atomic E-state index is -3.60. The highest BCUT2D eigenvalue weighted by Gasteiger charge is 2.22. The highest BCUT2D eigenvalue weighted by atomic mass is 35.5. The number of esters is 1. The molecule has 30 heavy (non-hydrogen) atoms. The summed E-state index contributed by atoms with van der Waals surface area (Å²) < 4.78 is 31.2. The Hall–Kier alpha value is -2.42. The number of ether oxygens (including phenoxy) is 1. The minimum absolute atomic E-state index is 0.0997. The fourth-order valence-electron chi connectivity index (χ4n) is 2.74. The van der Waals surface area contributed by atoms with Gasteiger partial charge in [0.2, 0.25) is 10.0 Å². The number of hydrogen-bond acceptors (Lipinski definition) is 5. The maximum absolute atomic E-state index is 12.5. The highest BCUT2D eigenvalue weighted by Crippen LogP contribution is 2.16. The van der Waals surface area contributed by atoms with Gasteiger partial charge < -0.3 is 10.1 Å². The molecule has 0 heterocycles. The SMILES string of the molecule is CCN(CC)S(=O)(=O)c1ccc(C(=O)OCC(=O)NCCc2ccc(Cl)cc2)cc1. The molecule has 0 fully saturated rings. The predicted molar refractivity (Wildman–Crippen MR) is 115 cm³/mol. The summed E-state index contributed by atoms with van der Waals surface area (Å²) in [6.07, 6.45) is 0.624. The molecular weight excluding hydrogens is 428 g/mol. The first-order chi connectivity index (χ1) is 14.3. The molecule has 0 saturated carbocycles. The maximum atomic E-state index is 12.5. The van der Waals surface area contributed by atoms with Crippen LogP contribution in [0.25, 0.3) is 0 Å². The molecule has 0 saturated heterocycles. The lowest BCUT2D eigenvalue weighted by Gasteiger charge is -2.18. The van der Waals surface area contributed by atoms with Crippen molar-refractivity contribution in [1.29, 1.82) is 0 Å². The molecule has 162 valence electrons. The Kier molecular flexibility index (Phi) is 8.83. The summed E-state index contributed by atoms with van der Waals surface area (Å²) in [5.74, 6) is -1.12. The second-order valence-electron chi connectivity index (χ2n) is 6.42. The lowest BCUT2D eigenvalue weighted by atomic mass is 10.1. The zero-order chi connectivity index (χ0) is 22.1. The fourth-order valence-corrected chi connectivity index (χ4v) is 4.32. The Labute approximate surface area is 182 Å². The molecule has 0 aliphatic carbocycles. The molecule has 0 aliphatic heterocycles. The average molecular weight is 453 g/mol. The first kappa shape index (κ1) is 23.9. The monoisotopic (exact) mass is 452 g/mol. The molecule has 0 spiro atoms. The zero-order valence-corrected chi connectivity index (χ0v) is 18.5. The lowest BCUT2D eigenvalue weighted by molar-refractivity contribution is -0.124. The largest absolute Gasteiger partial charge is 0.452 e. The molecule has 9 heteroatoms. The molecule has 2 aromatic carbocycles. The second-order valence-corrected chi connectivity index (χ2v) is 8.79. The highest BCUT2D eigenvalue weighted by molar-refractivity contribution is 7.89. The van der Waals surface area contributed by atoms with Crippen LogP contribution in [0.2, 0.25) is 5.02 Å². The van der Waals surface area contributed by atoms with Crippen molar-refractivity contribution < 1.29 is 22.7 Å². The summed E-state index contributed by atoms with van der Waals surface area (Å²) >= 11 is 5.83. The number of nitrogens with zero attached hydrogens (tertiary/aromatic N) is 1. The predicted octanol–water partition coefficient (Wildman–Crippen LogP) is 2.89. The quantitative estimate of drug-likeness (QED) is 0.559. The first-order valence-electron chi connectivity index (χ1n) is 9.56. The molecule has 2 rings (SSSR count). The van der Waals surface area contributed by atoms with Crippen LogP contribution in [0.3, 0.4) is 0 Å². The van der Waals surface area contributed by atoms with Crippen LogP contribution in [-0.2, 0) is 26.0 Å². The van der Waals surface area contributed by atoms with Crippen LogP contribution in [0, 0.1) is 0 Å². The van der Waals surface area contributed by atoms with E-state index < -0.39 is 28.5 Å². The summed E-state index contributed by atoms with van der Waals surface area (Å²) in [5.41, 5.74) is 1.19. The molecule has 2 aromatic rings. The zero-order valence-electron chi connectivity index (χ0n) is 16.9. The van der Waals surface area contributed by atoms with Crippen molar-refractivity contribution in [3.05, 3.63) is 64.7 Å². The molecule has 0 aliphatic rings. The van der Waals surface area contributed by atoms with Crippen LogP contribution in [0.15, 0.2) is 53.4 Å². The van der Waals surface area contributed by atoms with Crippen molar-refractivity contribution in [2.75, 3.05) is 26.2 Å². The number of amides is 1. The van der Waals surface area contributed by atoms with Gasteiger partial charge in [0, 0.05) is 24.7 Å². The number of benzene rings is 2. The number of hydrogen-bond donors (Lipinski definition) is 1. The Morgan fingerprint density at radius 3 is 2.17 bits per heavy atom. The van der Waals surface area contributed by atoms with Crippen LogP contribution in [-0.4, -0.2) is 50.8 Å². The summed E-state index contributed by atoms with van der Waals surface area (Å²) in [6.45, 7) is 4.21. The van der Waals surface area contributed by atoms with Gasteiger partial charge >= 0.3 is 5.97 Å². The molecule has 7 nitrogen and oxygen atoms in total. The van der Waals surface area contributed by atoms with Crippen molar-refractivity contribution in [2.45, 2.75) is 25.2 Å². The van der Waals surface area contributed by atoms with Gasteiger partial charge in [-0.1, -0.05) is 37.6 Å². The summed E-state index contributed by atoms with van der Waals surface area (Å²) in [6, 6.07) is 12.8. The van der Waals surface area contributed by atoms with E-state index in [1.807, 2.05) is 12.1 Å². The molecule has 0 aromatic heterocycles. The number of halogens is 1. The third kappa shape index (κ3) is 6.55. The van der Waals surface area contributed by atoms with E-state index in [1.165, 1.54) is 28.6 Å². The summed E-state index contributed by atoms with van der Waals surface area (Å²) in [7, 11) is -3.60. The smallest absolute Gasteiger partial charge is 0.338 e. The van der Waals surface area contributed by atoms with Crippen LogP contribution in [0.4, 0.5) is 0 Å². The number of nitrogens with one attached hydrogen (secondary N) is 1. The van der Waals surface area contributed by atoms with Gasteiger partial charge in [-0.15, -0.1) is 0 Å². The van der Waals surface area contributed by atoms with Gasteiger partial charge in [0.05, 0.1) is 10.5 Å². The van der Waals surface area contributed by atoms with E-state index in [0.29, 0.717) is 31.1 Å². The normalized spacial score (nSPS) is 11.3. The van der Waals surface area contributed by atoms with E-state index in [4.69, 9.17) is 16.3 Å². The van der Waals surface area contributed by atoms with E-state index in [2.05, 4.69) is 5.32 Å². The Morgan fingerprint density at radius 2 is 1.60 bits per heavy atom. The van der Waals surface area contributed by atoms with E-state index >= 15 is 0 Å². The summed E-state index contributed by atoms with van der Waals surface area (Å²) in [4.78, 5) is 24.1. The standard InChI is InChI=1S/C21H25ClN2O5S/c1-3-24(4-2)30(27,28)19-11-7-17(8-12-19)21(26)29-15-20(25)23-14-13-16-5-9-18(22)10-6-16/h5-12H,3-4,13-15H2,1-2H3,(H,23,25). The third-order valence-corrected chi connectivity index (χ3v) is 6.73. The van der Waals surface area contributed by atoms with E-state index in [-0.39, 0.29) is 10.5 Å². The van der Waals surface area contributed by atoms with E-state index in [0.717, 1.165) is 5.56 Å². The van der Waals surface area contributed by atoms with Gasteiger partial charge in [0.25, 0.3) is 5.91 Å². The van der Waals surface area contributed by atoms with Crippen molar-refractivity contribution in [3.8, 4) is 0 Å².